The van der Waals surface area contributed by atoms with Gasteiger partial charge in [0.15, 0.2) is 0 Å². The molecule has 5 rings (SSSR count). The Bertz CT molecular complexity index is 1530. The van der Waals surface area contributed by atoms with Crippen molar-refractivity contribution in [3.63, 3.8) is 0 Å². The first-order valence-electron chi connectivity index (χ1n) is 11.2. The van der Waals surface area contributed by atoms with Gasteiger partial charge in [-0.25, -0.2) is 9.78 Å². The van der Waals surface area contributed by atoms with Crippen LogP contribution in [0.2, 0.25) is 0 Å². The summed E-state index contributed by atoms with van der Waals surface area (Å²) in [5.74, 6) is 0.176. The second-order valence-electron chi connectivity index (χ2n) is 8.40. The standard InChI is InChI=1S/C27H24N4O4/c1-15-25(17(3)35-30-15)19-11-21-22(20-9-8-18(27(32)33)12-24(20)34-4)14-31(26(21)29-13-19)16(2)23-7-5-6-10-28-23/h5-14,16H,1-4H3,(H,32,33)/t16-/m0/s1. The normalized spacial score (nSPS) is 12.1. The molecule has 1 atom stereocenters. The van der Waals surface area contributed by atoms with E-state index in [2.05, 4.69) is 27.7 Å². The van der Waals surface area contributed by atoms with Crippen molar-refractivity contribution in [3.8, 4) is 28.0 Å². The summed E-state index contributed by atoms with van der Waals surface area (Å²) in [6.45, 7) is 5.85. The number of carboxylic acid groups (broad SMARTS) is 1. The van der Waals surface area contributed by atoms with Crippen LogP contribution in [0, 0.1) is 13.8 Å². The molecule has 8 heteroatoms. The molecule has 0 bridgehead atoms. The lowest BCUT2D eigenvalue weighted by molar-refractivity contribution is 0.0696. The van der Waals surface area contributed by atoms with E-state index in [-0.39, 0.29) is 11.6 Å². The Kier molecular flexibility index (Phi) is 5.56. The molecule has 176 valence electrons. The zero-order valence-electron chi connectivity index (χ0n) is 19.8. The maximum Gasteiger partial charge on any atom is 0.335 e. The maximum atomic E-state index is 11.5. The van der Waals surface area contributed by atoms with Gasteiger partial charge in [-0.1, -0.05) is 11.2 Å². The highest BCUT2D eigenvalue weighted by Crippen LogP contribution is 2.40. The van der Waals surface area contributed by atoms with Crippen LogP contribution in [-0.4, -0.2) is 37.9 Å². The van der Waals surface area contributed by atoms with Gasteiger partial charge in [-0.2, -0.15) is 0 Å². The minimum absolute atomic E-state index is 0.0887. The van der Waals surface area contributed by atoms with E-state index >= 15 is 0 Å². The molecule has 0 unspecified atom stereocenters. The van der Waals surface area contributed by atoms with Gasteiger partial charge < -0.3 is 18.9 Å². The number of ether oxygens (including phenoxy) is 1. The molecule has 4 heterocycles. The first kappa shape index (κ1) is 22.3. The summed E-state index contributed by atoms with van der Waals surface area (Å²) < 4.78 is 13.1. The summed E-state index contributed by atoms with van der Waals surface area (Å²) in [7, 11) is 1.54. The first-order chi connectivity index (χ1) is 16.9. The molecule has 35 heavy (non-hydrogen) atoms. The Labute approximate surface area is 201 Å². The lowest BCUT2D eigenvalue weighted by Gasteiger charge is -2.14. The van der Waals surface area contributed by atoms with Crippen LogP contribution in [0.1, 0.15) is 40.5 Å². The van der Waals surface area contributed by atoms with E-state index in [0.717, 1.165) is 50.4 Å². The van der Waals surface area contributed by atoms with Gasteiger partial charge in [0.05, 0.1) is 30.1 Å². The zero-order valence-corrected chi connectivity index (χ0v) is 19.8. The number of carbonyl (C=O) groups is 1. The van der Waals surface area contributed by atoms with E-state index in [1.165, 1.54) is 13.2 Å². The van der Waals surface area contributed by atoms with Gasteiger partial charge in [-0.15, -0.1) is 0 Å². The highest BCUT2D eigenvalue weighted by atomic mass is 16.5. The molecule has 0 spiro atoms. The van der Waals surface area contributed by atoms with Crippen molar-refractivity contribution in [1.29, 1.82) is 0 Å². The molecule has 5 aromatic rings. The predicted octanol–water partition coefficient (Wildman–Crippen LogP) is 5.69. The summed E-state index contributed by atoms with van der Waals surface area (Å²) in [6.07, 6.45) is 5.62. The van der Waals surface area contributed by atoms with Gasteiger partial charge in [-0.3, -0.25) is 4.98 Å². The quantitative estimate of drug-likeness (QED) is 0.342. The minimum Gasteiger partial charge on any atom is -0.496 e. The highest BCUT2D eigenvalue weighted by Gasteiger charge is 2.22. The van der Waals surface area contributed by atoms with E-state index in [4.69, 9.17) is 14.2 Å². The van der Waals surface area contributed by atoms with Gasteiger partial charge in [0.1, 0.15) is 17.2 Å². The van der Waals surface area contributed by atoms with Crippen LogP contribution in [0.15, 0.2) is 65.6 Å². The van der Waals surface area contributed by atoms with Gasteiger partial charge in [0.2, 0.25) is 0 Å². The third-order valence-corrected chi connectivity index (χ3v) is 6.26. The predicted molar refractivity (Wildman–Crippen MR) is 132 cm³/mol. The Hall–Kier alpha value is -4.46. The van der Waals surface area contributed by atoms with Crippen molar-refractivity contribution >= 4 is 17.0 Å². The van der Waals surface area contributed by atoms with Crippen molar-refractivity contribution < 1.29 is 19.2 Å². The lowest BCUT2D eigenvalue weighted by atomic mass is 10.00. The van der Waals surface area contributed by atoms with Crippen LogP contribution in [-0.2, 0) is 0 Å². The van der Waals surface area contributed by atoms with Gasteiger partial charge in [0.25, 0.3) is 0 Å². The first-order valence-corrected chi connectivity index (χ1v) is 11.2. The van der Waals surface area contributed by atoms with Gasteiger partial charge in [-0.05, 0) is 57.2 Å². The van der Waals surface area contributed by atoms with Crippen molar-refractivity contribution in [1.82, 2.24) is 19.7 Å². The Morgan fingerprint density at radius 3 is 2.60 bits per heavy atom. The Balaban J connectivity index is 1.77. The third kappa shape index (κ3) is 3.82. The number of fused-ring (bicyclic) bond motifs is 1. The average molecular weight is 469 g/mol. The number of methoxy groups -OCH3 is 1. The van der Waals surface area contributed by atoms with Crippen molar-refractivity contribution in [2.45, 2.75) is 26.8 Å². The highest BCUT2D eigenvalue weighted by molar-refractivity contribution is 5.99. The van der Waals surface area contributed by atoms with Crippen LogP contribution in [0.25, 0.3) is 33.3 Å². The third-order valence-electron chi connectivity index (χ3n) is 6.26. The van der Waals surface area contributed by atoms with Crippen LogP contribution >= 0.6 is 0 Å². The van der Waals surface area contributed by atoms with Crippen LogP contribution in [0.5, 0.6) is 5.75 Å². The van der Waals surface area contributed by atoms with Crippen molar-refractivity contribution in [2.24, 2.45) is 0 Å². The summed E-state index contributed by atoms with van der Waals surface area (Å²) >= 11 is 0. The number of aryl methyl sites for hydroxylation is 2. The summed E-state index contributed by atoms with van der Waals surface area (Å²) in [5, 5.41) is 14.4. The summed E-state index contributed by atoms with van der Waals surface area (Å²) in [6, 6.07) is 12.7. The lowest BCUT2D eigenvalue weighted by Crippen LogP contribution is -2.07. The molecule has 0 aliphatic rings. The largest absolute Gasteiger partial charge is 0.496 e. The molecule has 0 amide bonds. The van der Waals surface area contributed by atoms with E-state index in [9.17, 15) is 9.90 Å². The van der Waals surface area contributed by atoms with Crippen LogP contribution < -0.4 is 4.74 Å². The molecule has 0 aliphatic carbocycles. The topological polar surface area (TPSA) is 103 Å². The van der Waals surface area contributed by atoms with Crippen LogP contribution in [0.4, 0.5) is 0 Å². The number of rotatable bonds is 6. The molecular formula is C27H24N4O4. The molecule has 0 aliphatic heterocycles. The maximum absolute atomic E-state index is 11.5. The Morgan fingerprint density at radius 1 is 1.11 bits per heavy atom. The number of hydrogen-bond acceptors (Lipinski definition) is 6. The number of carboxylic acids is 1. The minimum atomic E-state index is -1.01. The van der Waals surface area contributed by atoms with E-state index in [0.29, 0.717) is 5.75 Å². The fourth-order valence-electron chi connectivity index (χ4n) is 4.49. The molecule has 8 nitrogen and oxygen atoms in total. The molecule has 0 saturated heterocycles. The molecule has 0 radical (unpaired) electrons. The smallest absolute Gasteiger partial charge is 0.335 e. The van der Waals surface area contributed by atoms with Crippen molar-refractivity contribution in [2.75, 3.05) is 7.11 Å². The second-order valence-corrected chi connectivity index (χ2v) is 8.40. The molecule has 0 fully saturated rings. The Morgan fingerprint density at radius 2 is 1.94 bits per heavy atom. The fourth-order valence-corrected chi connectivity index (χ4v) is 4.49. The van der Waals surface area contributed by atoms with Crippen LogP contribution in [0.3, 0.4) is 0 Å². The SMILES string of the molecule is COc1cc(C(=O)O)ccc1-c1cn([C@@H](C)c2ccccn2)c2ncc(-c3c(C)noc3C)cc12. The van der Waals surface area contributed by atoms with E-state index in [1.807, 2.05) is 44.4 Å². The fraction of sp³-hybridized carbons (Fsp3) is 0.185. The zero-order chi connectivity index (χ0) is 24.7. The number of pyridine rings is 2. The number of hydrogen-bond donors (Lipinski definition) is 1. The molecule has 1 aromatic carbocycles. The van der Waals surface area contributed by atoms with E-state index < -0.39 is 5.97 Å². The summed E-state index contributed by atoms with van der Waals surface area (Å²) in [4.78, 5) is 20.9. The molecule has 4 aromatic heterocycles. The molecule has 1 N–H and O–H groups in total. The monoisotopic (exact) mass is 468 g/mol. The summed E-state index contributed by atoms with van der Waals surface area (Å²) in [5.41, 5.74) is 6.06. The number of benzene rings is 1. The van der Waals surface area contributed by atoms with Crippen molar-refractivity contribution in [3.05, 3.63) is 83.8 Å². The second kappa shape index (κ2) is 8.72. The molecule has 0 saturated carbocycles. The number of aromatic nitrogens is 4. The average Bonchev–Trinajstić information content (AvgIpc) is 3.42. The number of nitrogens with zero attached hydrogens (tertiary/aromatic N) is 4. The van der Waals surface area contributed by atoms with E-state index in [1.54, 1.807) is 18.3 Å². The van der Waals surface area contributed by atoms with Gasteiger partial charge in [0, 0.05) is 46.2 Å². The molecular weight excluding hydrogens is 444 g/mol. The van der Waals surface area contributed by atoms with Gasteiger partial charge >= 0.3 is 5.97 Å². The number of aromatic carboxylic acids is 1.